The summed E-state index contributed by atoms with van der Waals surface area (Å²) in [5.74, 6) is 0.512. The molecule has 5 heterocycles. The first-order chi connectivity index (χ1) is 12.0. The highest BCUT2D eigenvalue weighted by Gasteiger charge is 2.79. The Hall–Kier alpha value is -1.85. The van der Waals surface area contributed by atoms with Gasteiger partial charge in [-0.1, -0.05) is 26.8 Å². The molecule has 140 valence electrons. The van der Waals surface area contributed by atoms with Crippen LogP contribution in [0.2, 0.25) is 0 Å². The topological polar surface area (TPSA) is 60.9 Å². The number of hydrogen-bond acceptors (Lipinski definition) is 3. The Morgan fingerprint density at radius 2 is 1.81 bits per heavy atom. The summed E-state index contributed by atoms with van der Waals surface area (Å²) < 4.78 is 0. The molecule has 6 heteroatoms. The summed E-state index contributed by atoms with van der Waals surface area (Å²) in [6.07, 6.45) is 5.67. The van der Waals surface area contributed by atoms with E-state index < -0.39 is 16.5 Å². The first kappa shape index (κ1) is 16.3. The van der Waals surface area contributed by atoms with Gasteiger partial charge in [0.25, 0.3) is 0 Å². The molecule has 0 aromatic rings. The maximum absolute atomic E-state index is 13.5. The van der Waals surface area contributed by atoms with E-state index in [1.54, 1.807) is 11.9 Å². The summed E-state index contributed by atoms with van der Waals surface area (Å²) >= 11 is 0. The fraction of sp³-hybridized carbons (Fsp3) is 0.750. The SMILES string of the molecule is C[C@H]1CC(=O)N2C[C@]34C[C@]5(C=CN(C)C5=O)C(C)(C)[C@@H]3C[C@]12C(=O)N4C. The molecule has 6 nitrogen and oxygen atoms in total. The minimum atomic E-state index is -0.710. The van der Waals surface area contributed by atoms with Crippen molar-refractivity contribution in [3.05, 3.63) is 12.3 Å². The zero-order valence-corrected chi connectivity index (χ0v) is 16.2. The van der Waals surface area contributed by atoms with Crippen molar-refractivity contribution in [2.24, 2.45) is 22.7 Å². The van der Waals surface area contributed by atoms with Crippen molar-refractivity contribution in [3.8, 4) is 0 Å². The number of likely N-dealkylation sites (N-methyl/N-ethyl adjacent to an activating group) is 1. The van der Waals surface area contributed by atoms with Crippen LogP contribution in [0.3, 0.4) is 0 Å². The fourth-order valence-electron chi connectivity index (χ4n) is 7.27. The molecule has 0 unspecified atom stereocenters. The second-order valence-electron chi connectivity index (χ2n) is 9.84. The highest BCUT2D eigenvalue weighted by Crippen LogP contribution is 2.71. The number of piperazine rings is 1. The van der Waals surface area contributed by atoms with Gasteiger partial charge >= 0.3 is 0 Å². The van der Waals surface area contributed by atoms with E-state index in [-0.39, 0.29) is 35.0 Å². The summed E-state index contributed by atoms with van der Waals surface area (Å²) in [5, 5.41) is 0. The third-order valence-electron chi connectivity index (χ3n) is 8.91. The highest BCUT2D eigenvalue weighted by molar-refractivity contribution is 5.99. The predicted molar refractivity (Wildman–Crippen MR) is 94.6 cm³/mol. The van der Waals surface area contributed by atoms with Crippen LogP contribution in [0, 0.1) is 22.7 Å². The Bertz CT molecular complexity index is 804. The molecule has 5 fully saturated rings. The lowest BCUT2D eigenvalue weighted by Crippen LogP contribution is -2.80. The van der Waals surface area contributed by atoms with E-state index in [2.05, 4.69) is 19.9 Å². The normalized spacial score (nSPS) is 48.2. The van der Waals surface area contributed by atoms with Gasteiger partial charge in [0, 0.05) is 33.3 Å². The van der Waals surface area contributed by atoms with Crippen molar-refractivity contribution in [1.29, 1.82) is 0 Å². The molecule has 1 saturated carbocycles. The average molecular weight is 357 g/mol. The molecule has 0 radical (unpaired) electrons. The summed E-state index contributed by atoms with van der Waals surface area (Å²) in [5.41, 5.74) is -2.03. The Balaban J connectivity index is 1.72. The number of carbonyl (C=O) groups is 3. The van der Waals surface area contributed by atoms with Crippen LogP contribution >= 0.6 is 0 Å². The third-order valence-corrected chi connectivity index (χ3v) is 8.91. The maximum Gasteiger partial charge on any atom is 0.249 e. The first-order valence-corrected chi connectivity index (χ1v) is 9.60. The van der Waals surface area contributed by atoms with E-state index in [4.69, 9.17) is 0 Å². The largest absolute Gasteiger partial charge is 0.336 e. The van der Waals surface area contributed by atoms with E-state index in [0.717, 1.165) is 0 Å². The highest BCUT2D eigenvalue weighted by atomic mass is 16.2. The number of hydrogen-bond donors (Lipinski definition) is 0. The van der Waals surface area contributed by atoms with Gasteiger partial charge in [0.1, 0.15) is 5.54 Å². The van der Waals surface area contributed by atoms with Gasteiger partial charge in [-0.05, 0) is 30.1 Å². The minimum absolute atomic E-state index is 0.0214. The van der Waals surface area contributed by atoms with Crippen LogP contribution in [0.5, 0.6) is 0 Å². The van der Waals surface area contributed by atoms with Crippen molar-refractivity contribution in [3.63, 3.8) is 0 Å². The van der Waals surface area contributed by atoms with Crippen molar-refractivity contribution in [2.45, 2.75) is 51.1 Å². The molecule has 5 atom stereocenters. The van der Waals surface area contributed by atoms with Crippen LogP contribution < -0.4 is 0 Å². The van der Waals surface area contributed by atoms with Crippen molar-refractivity contribution in [1.82, 2.24) is 14.7 Å². The molecule has 6 aliphatic rings. The molecule has 3 spiro atoms. The monoisotopic (exact) mass is 357 g/mol. The fourth-order valence-corrected chi connectivity index (χ4v) is 7.27. The molecular formula is C20H27N3O3. The summed E-state index contributed by atoms with van der Waals surface area (Å²) in [7, 11) is 3.70. The Morgan fingerprint density at radius 3 is 2.42 bits per heavy atom. The summed E-state index contributed by atoms with van der Waals surface area (Å²) in [6.45, 7) is 6.98. The summed E-state index contributed by atoms with van der Waals surface area (Å²) in [4.78, 5) is 44.8. The molecule has 6 rings (SSSR count). The van der Waals surface area contributed by atoms with Gasteiger partial charge in [-0.3, -0.25) is 14.4 Å². The molecule has 26 heavy (non-hydrogen) atoms. The van der Waals surface area contributed by atoms with Crippen LogP contribution in [0.25, 0.3) is 0 Å². The van der Waals surface area contributed by atoms with Gasteiger partial charge in [0.15, 0.2) is 0 Å². The molecular weight excluding hydrogens is 330 g/mol. The second kappa shape index (κ2) is 4.18. The van der Waals surface area contributed by atoms with Gasteiger partial charge in [-0.15, -0.1) is 0 Å². The number of rotatable bonds is 0. The van der Waals surface area contributed by atoms with Crippen molar-refractivity contribution >= 4 is 17.7 Å². The number of nitrogens with zero attached hydrogens (tertiary/aromatic N) is 3. The van der Waals surface area contributed by atoms with Crippen LogP contribution in [0.4, 0.5) is 0 Å². The van der Waals surface area contributed by atoms with E-state index in [1.807, 2.05) is 30.0 Å². The van der Waals surface area contributed by atoms with E-state index >= 15 is 0 Å². The van der Waals surface area contributed by atoms with Gasteiger partial charge in [0.05, 0.1) is 11.0 Å². The minimum Gasteiger partial charge on any atom is -0.336 e. The third kappa shape index (κ3) is 1.30. The lowest BCUT2D eigenvalue weighted by Gasteiger charge is -2.64. The van der Waals surface area contributed by atoms with E-state index in [9.17, 15) is 14.4 Å². The molecule has 0 aromatic heterocycles. The Labute approximate surface area is 154 Å². The lowest BCUT2D eigenvalue weighted by atomic mass is 9.57. The smallest absolute Gasteiger partial charge is 0.249 e. The standard InChI is InChI=1S/C20H27N3O3/c1-12-8-14(24)23-11-19-10-18(6-7-21(4)15(18)25)17(2,3)13(19)9-20(12,23)16(26)22(19)5/h6-7,12-13H,8-11H2,1-5H3/t12-,13-,18-,19+,20+/m0/s1. The van der Waals surface area contributed by atoms with Crippen molar-refractivity contribution in [2.75, 3.05) is 20.6 Å². The zero-order valence-electron chi connectivity index (χ0n) is 16.2. The quantitative estimate of drug-likeness (QED) is 0.655. The van der Waals surface area contributed by atoms with Gasteiger partial charge in [0.2, 0.25) is 17.7 Å². The first-order valence-electron chi connectivity index (χ1n) is 9.60. The Morgan fingerprint density at radius 1 is 1.12 bits per heavy atom. The van der Waals surface area contributed by atoms with Gasteiger partial charge in [-0.25, -0.2) is 0 Å². The molecule has 3 amide bonds. The van der Waals surface area contributed by atoms with Crippen LogP contribution in [0.1, 0.15) is 40.0 Å². The van der Waals surface area contributed by atoms with Gasteiger partial charge < -0.3 is 14.7 Å². The number of piperidine rings is 2. The number of amides is 3. The molecule has 4 saturated heterocycles. The summed E-state index contributed by atoms with van der Waals surface area (Å²) in [6, 6.07) is 0. The Kier molecular flexibility index (Phi) is 2.62. The molecule has 2 bridgehead atoms. The molecule has 0 aromatic carbocycles. The second-order valence-corrected chi connectivity index (χ2v) is 9.84. The maximum atomic E-state index is 13.5. The molecule has 1 aliphatic carbocycles. The zero-order chi connectivity index (χ0) is 18.9. The molecule has 0 N–H and O–H groups in total. The van der Waals surface area contributed by atoms with Crippen LogP contribution in [0.15, 0.2) is 12.3 Å². The van der Waals surface area contributed by atoms with Crippen LogP contribution in [-0.2, 0) is 14.4 Å². The van der Waals surface area contributed by atoms with Crippen LogP contribution in [-0.4, -0.2) is 64.1 Å². The predicted octanol–water partition coefficient (Wildman–Crippen LogP) is 1.23. The van der Waals surface area contributed by atoms with Crippen molar-refractivity contribution < 1.29 is 14.4 Å². The lowest BCUT2D eigenvalue weighted by molar-refractivity contribution is -0.192. The number of fused-ring (bicyclic) bond motifs is 1. The number of carbonyl (C=O) groups excluding carboxylic acids is 3. The van der Waals surface area contributed by atoms with E-state index in [0.29, 0.717) is 25.8 Å². The average Bonchev–Trinajstić information content (AvgIpc) is 3.09. The molecule has 5 aliphatic heterocycles. The van der Waals surface area contributed by atoms with Gasteiger partial charge in [-0.2, -0.15) is 0 Å². The van der Waals surface area contributed by atoms with E-state index in [1.165, 1.54) is 0 Å².